The van der Waals surface area contributed by atoms with Crippen LogP contribution in [-0.4, -0.2) is 32.0 Å². The number of hydrogen-bond donors (Lipinski definition) is 1. The van der Waals surface area contributed by atoms with Crippen molar-refractivity contribution < 1.29 is 9.47 Å². The Hall–Kier alpha value is -0.120. The van der Waals surface area contributed by atoms with E-state index in [1.165, 1.54) is 32.1 Å². The number of ether oxygens (including phenoxy) is 2. The SMILES string of the molecule is COC1CCCC(OCC(N)C2CC2)C1. The van der Waals surface area contributed by atoms with Crippen LogP contribution in [0.5, 0.6) is 0 Å². The summed E-state index contributed by atoms with van der Waals surface area (Å²) < 4.78 is 11.2. The van der Waals surface area contributed by atoms with Gasteiger partial charge in [0.2, 0.25) is 0 Å². The summed E-state index contributed by atoms with van der Waals surface area (Å²) in [7, 11) is 1.79. The molecule has 0 aliphatic heterocycles. The fraction of sp³-hybridized carbons (Fsp3) is 1.00. The lowest BCUT2D eigenvalue weighted by Gasteiger charge is -2.29. The molecule has 88 valence electrons. The van der Waals surface area contributed by atoms with Gasteiger partial charge in [0.1, 0.15) is 0 Å². The van der Waals surface area contributed by atoms with E-state index in [9.17, 15) is 0 Å². The van der Waals surface area contributed by atoms with Gasteiger partial charge in [-0.15, -0.1) is 0 Å². The predicted octanol–water partition coefficient (Wildman–Crippen LogP) is 1.70. The third-order valence-electron chi connectivity index (χ3n) is 3.66. The molecule has 15 heavy (non-hydrogen) atoms. The predicted molar refractivity (Wildman–Crippen MR) is 59.7 cm³/mol. The van der Waals surface area contributed by atoms with Crippen LogP contribution in [0.4, 0.5) is 0 Å². The van der Waals surface area contributed by atoms with E-state index in [1.54, 1.807) is 7.11 Å². The Labute approximate surface area is 92.3 Å². The van der Waals surface area contributed by atoms with Crippen LogP contribution in [0.2, 0.25) is 0 Å². The minimum Gasteiger partial charge on any atom is -0.381 e. The molecule has 3 atom stereocenters. The van der Waals surface area contributed by atoms with Crippen LogP contribution in [0, 0.1) is 5.92 Å². The van der Waals surface area contributed by atoms with Crippen LogP contribution in [-0.2, 0) is 9.47 Å². The van der Waals surface area contributed by atoms with Gasteiger partial charge in [-0.05, 0) is 44.4 Å². The zero-order valence-corrected chi connectivity index (χ0v) is 9.65. The largest absolute Gasteiger partial charge is 0.381 e. The zero-order valence-electron chi connectivity index (χ0n) is 9.65. The van der Waals surface area contributed by atoms with E-state index in [4.69, 9.17) is 15.2 Å². The lowest BCUT2D eigenvalue weighted by molar-refractivity contribution is -0.0342. The van der Waals surface area contributed by atoms with Crippen molar-refractivity contribution in [3.63, 3.8) is 0 Å². The minimum atomic E-state index is 0.271. The van der Waals surface area contributed by atoms with Crippen LogP contribution >= 0.6 is 0 Å². The first-order valence-corrected chi connectivity index (χ1v) is 6.19. The number of nitrogens with two attached hydrogens (primary N) is 1. The normalized spacial score (nSPS) is 34.0. The van der Waals surface area contributed by atoms with E-state index in [1.807, 2.05) is 0 Å². The van der Waals surface area contributed by atoms with Gasteiger partial charge >= 0.3 is 0 Å². The maximum Gasteiger partial charge on any atom is 0.0624 e. The molecule has 0 bridgehead atoms. The molecule has 3 nitrogen and oxygen atoms in total. The summed E-state index contributed by atoms with van der Waals surface area (Å²) in [6, 6.07) is 0.271. The van der Waals surface area contributed by atoms with Crippen molar-refractivity contribution in [2.75, 3.05) is 13.7 Å². The van der Waals surface area contributed by atoms with Gasteiger partial charge in [-0.2, -0.15) is 0 Å². The Balaban J connectivity index is 1.64. The average Bonchev–Trinajstić information content (AvgIpc) is 3.10. The summed E-state index contributed by atoms with van der Waals surface area (Å²) in [6.45, 7) is 0.742. The highest BCUT2D eigenvalue weighted by Crippen LogP contribution is 2.32. The van der Waals surface area contributed by atoms with Crippen molar-refractivity contribution in [2.45, 2.75) is 56.8 Å². The summed E-state index contributed by atoms with van der Waals surface area (Å²) in [6.07, 6.45) is 8.03. The first-order chi connectivity index (χ1) is 7.29. The quantitative estimate of drug-likeness (QED) is 0.756. The van der Waals surface area contributed by atoms with E-state index in [0.29, 0.717) is 12.2 Å². The molecule has 2 aliphatic rings. The van der Waals surface area contributed by atoms with Gasteiger partial charge < -0.3 is 15.2 Å². The molecule has 0 aromatic heterocycles. The van der Waals surface area contributed by atoms with Crippen LogP contribution in [0.25, 0.3) is 0 Å². The van der Waals surface area contributed by atoms with Gasteiger partial charge in [0.05, 0.1) is 18.8 Å². The molecule has 2 fully saturated rings. The molecular formula is C12H23NO2. The Kier molecular flexibility index (Phi) is 4.00. The van der Waals surface area contributed by atoms with E-state index in [-0.39, 0.29) is 6.04 Å². The van der Waals surface area contributed by atoms with Gasteiger partial charge in [0.25, 0.3) is 0 Å². The summed E-state index contributed by atoms with van der Waals surface area (Å²) >= 11 is 0. The van der Waals surface area contributed by atoms with Crippen molar-refractivity contribution in [2.24, 2.45) is 11.7 Å². The Morgan fingerprint density at radius 2 is 1.93 bits per heavy atom. The Morgan fingerprint density at radius 1 is 1.20 bits per heavy atom. The van der Waals surface area contributed by atoms with Crippen molar-refractivity contribution in [1.29, 1.82) is 0 Å². The molecule has 2 rings (SSSR count). The standard InChI is InChI=1S/C12H23NO2/c1-14-10-3-2-4-11(7-10)15-8-12(13)9-5-6-9/h9-12H,2-8,13H2,1H3. The summed E-state index contributed by atoms with van der Waals surface area (Å²) in [5.41, 5.74) is 6.01. The lowest BCUT2D eigenvalue weighted by Crippen LogP contribution is -2.34. The van der Waals surface area contributed by atoms with E-state index in [0.717, 1.165) is 18.9 Å². The highest BCUT2D eigenvalue weighted by atomic mass is 16.5. The van der Waals surface area contributed by atoms with Gasteiger partial charge in [0.15, 0.2) is 0 Å². The molecule has 3 unspecified atom stereocenters. The van der Waals surface area contributed by atoms with Crippen LogP contribution in [0.1, 0.15) is 38.5 Å². The van der Waals surface area contributed by atoms with E-state index in [2.05, 4.69) is 0 Å². The fourth-order valence-corrected chi connectivity index (χ4v) is 2.38. The van der Waals surface area contributed by atoms with Gasteiger partial charge in [-0.25, -0.2) is 0 Å². The molecule has 0 aromatic carbocycles. The first-order valence-electron chi connectivity index (χ1n) is 6.19. The smallest absolute Gasteiger partial charge is 0.0624 e. The molecule has 2 N–H and O–H groups in total. The maximum absolute atomic E-state index is 6.01. The van der Waals surface area contributed by atoms with Gasteiger partial charge in [-0.3, -0.25) is 0 Å². The Bertz CT molecular complexity index is 194. The van der Waals surface area contributed by atoms with Crippen molar-refractivity contribution >= 4 is 0 Å². The second kappa shape index (κ2) is 5.28. The van der Waals surface area contributed by atoms with Crippen molar-refractivity contribution in [3.05, 3.63) is 0 Å². The number of rotatable bonds is 5. The topological polar surface area (TPSA) is 44.5 Å². The third kappa shape index (κ3) is 3.44. The third-order valence-corrected chi connectivity index (χ3v) is 3.66. The molecule has 0 heterocycles. The van der Waals surface area contributed by atoms with Crippen LogP contribution in [0.15, 0.2) is 0 Å². The molecular weight excluding hydrogens is 190 g/mol. The highest BCUT2D eigenvalue weighted by Gasteiger charge is 2.30. The minimum absolute atomic E-state index is 0.271. The molecule has 0 spiro atoms. The number of methoxy groups -OCH3 is 1. The second-order valence-corrected chi connectivity index (χ2v) is 4.98. The molecule has 0 aromatic rings. The molecule has 2 saturated carbocycles. The zero-order chi connectivity index (χ0) is 10.7. The number of hydrogen-bond acceptors (Lipinski definition) is 3. The summed E-state index contributed by atoms with van der Waals surface area (Å²) in [4.78, 5) is 0. The van der Waals surface area contributed by atoms with Crippen molar-refractivity contribution in [1.82, 2.24) is 0 Å². The van der Waals surface area contributed by atoms with Gasteiger partial charge in [0, 0.05) is 13.2 Å². The van der Waals surface area contributed by atoms with E-state index >= 15 is 0 Å². The fourth-order valence-electron chi connectivity index (χ4n) is 2.38. The molecule has 0 amide bonds. The molecule has 2 aliphatic carbocycles. The monoisotopic (exact) mass is 213 g/mol. The van der Waals surface area contributed by atoms with Crippen molar-refractivity contribution in [3.8, 4) is 0 Å². The molecule has 0 saturated heterocycles. The average molecular weight is 213 g/mol. The van der Waals surface area contributed by atoms with Crippen LogP contribution < -0.4 is 5.73 Å². The summed E-state index contributed by atoms with van der Waals surface area (Å²) in [5, 5.41) is 0. The molecule has 0 radical (unpaired) electrons. The van der Waals surface area contributed by atoms with Gasteiger partial charge in [-0.1, -0.05) is 0 Å². The maximum atomic E-state index is 6.01. The summed E-state index contributed by atoms with van der Waals surface area (Å²) in [5.74, 6) is 0.742. The highest BCUT2D eigenvalue weighted by molar-refractivity contribution is 4.84. The first kappa shape index (κ1) is 11.4. The lowest BCUT2D eigenvalue weighted by atomic mass is 9.95. The second-order valence-electron chi connectivity index (χ2n) is 4.98. The van der Waals surface area contributed by atoms with Crippen LogP contribution in [0.3, 0.4) is 0 Å². The van der Waals surface area contributed by atoms with E-state index < -0.39 is 0 Å². The Morgan fingerprint density at radius 3 is 2.60 bits per heavy atom. The molecule has 3 heteroatoms.